The SMILES string of the molecule is Cc1ccc(-c2nnn(CC(=O)OCC(=O)N3CC(C)CC(C)C3)n2)cc1. The summed E-state index contributed by atoms with van der Waals surface area (Å²) in [4.78, 5) is 27.2. The molecule has 1 saturated heterocycles. The van der Waals surface area contributed by atoms with E-state index in [1.54, 1.807) is 4.90 Å². The molecule has 8 heteroatoms. The second-order valence-corrected chi connectivity index (χ2v) is 7.41. The summed E-state index contributed by atoms with van der Waals surface area (Å²) in [5, 5.41) is 12.0. The second kappa shape index (κ2) is 8.28. The molecule has 0 aliphatic carbocycles. The molecule has 0 N–H and O–H groups in total. The van der Waals surface area contributed by atoms with Crippen molar-refractivity contribution in [2.24, 2.45) is 11.8 Å². The Hall–Kier alpha value is -2.77. The molecule has 1 aromatic carbocycles. The first-order valence-corrected chi connectivity index (χ1v) is 9.19. The highest BCUT2D eigenvalue weighted by Gasteiger charge is 2.26. The lowest BCUT2D eigenvalue weighted by Crippen LogP contribution is -2.44. The molecule has 1 aliphatic rings. The van der Waals surface area contributed by atoms with E-state index < -0.39 is 5.97 Å². The van der Waals surface area contributed by atoms with Gasteiger partial charge in [0, 0.05) is 18.7 Å². The van der Waals surface area contributed by atoms with Crippen LogP contribution in [0.25, 0.3) is 11.4 Å². The molecule has 0 saturated carbocycles. The van der Waals surface area contributed by atoms with Gasteiger partial charge in [0.2, 0.25) is 5.82 Å². The fourth-order valence-corrected chi connectivity index (χ4v) is 3.39. The van der Waals surface area contributed by atoms with Gasteiger partial charge in [0.25, 0.3) is 5.91 Å². The van der Waals surface area contributed by atoms with Crippen LogP contribution in [0.2, 0.25) is 0 Å². The average Bonchev–Trinajstić information content (AvgIpc) is 3.08. The second-order valence-electron chi connectivity index (χ2n) is 7.41. The molecule has 2 unspecified atom stereocenters. The van der Waals surface area contributed by atoms with Crippen molar-refractivity contribution in [3.05, 3.63) is 29.8 Å². The molecular weight excluding hydrogens is 346 g/mol. The first-order chi connectivity index (χ1) is 12.9. The fourth-order valence-electron chi connectivity index (χ4n) is 3.39. The van der Waals surface area contributed by atoms with Crippen molar-refractivity contribution in [3.8, 4) is 11.4 Å². The van der Waals surface area contributed by atoms with Crippen molar-refractivity contribution < 1.29 is 14.3 Å². The number of carbonyl (C=O) groups is 2. The van der Waals surface area contributed by atoms with Gasteiger partial charge in [-0.05, 0) is 30.4 Å². The molecule has 1 aliphatic heterocycles. The number of aromatic nitrogens is 4. The van der Waals surface area contributed by atoms with E-state index in [-0.39, 0.29) is 19.1 Å². The molecule has 2 aromatic rings. The normalized spacial score (nSPS) is 19.7. The van der Waals surface area contributed by atoms with Crippen molar-refractivity contribution in [1.82, 2.24) is 25.1 Å². The largest absolute Gasteiger partial charge is 0.454 e. The highest BCUT2D eigenvalue weighted by atomic mass is 16.5. The van der Waals surface area contributed by atoms with Crippen LogP contribution in [0.4, 0.5) is 0 Å². The van der Waals surface area contributed by atoms with Gasteiger partial charge >= 0.3 is 5.97 Å². The van der Waals surface area contributed by atoms with Gasteiger partial charge in [-0.15, -0.1) is 10.2 Å². The van der Waals surface area contributed by atoms with E-state index in [0.29, 0.717) is 30.7 Å². The zero-order chi connectivity index (χ0) is 19.4. The summed E-state index contributed by atoms with van der Waals surface area (Å²) >= 11 is 0. The predicted molar refractivity (Wildman–Crippen MR) is 98.5 cm³/mol. The molecule has 3 rings (SSSR count). The van der Waals surface area contributed by atoms with E-state index in [1.165, 1.54) is 4.80 Å². The molecule has 0 radical (unpaired) electrons. The van der Waals surface area contributed by atoms with Gasteiger partial charge in [0.1, 0.15) is 0 Å². The van der Waals surface area contributed by atoms with Crippen molar-refractivity contribution in [1.29, 1.82) is 0 Å². The van der Waals surface area contributed by atoms with Crippen LogP contribution in [0, 0.1) is 18.8 Å². The standard InChI is InChI=1S/C19H25N5O3/c1-13-4-6-16(7-5-13)19-20-22-24(21-19)11-18(26)27-12-17(25)23-9-14(2)8-15(3)10-23/h4-7,14-15H,8-12H2,1-3H3. The maximum atomic E-state index is 12.3. The third-order valence-electron chi connectivity index (χ3n) is 4.61. The minimum absolute atomic E-state index is 0.159. The Morgan fingerprint density at radius 3 is 2.48 bits per heavy atom. The van der Waals surface area contributed by atoms with Gasteiger partial charge in [0.15, 0.2) is 13.2 Å². The zero-order valence-corrected chi connectivity index (χ0v) is 16.0. The van der Waals surface area contributed by atoms with E-state index in [2.05, 4.69) is 29.3 Å². The van der Waals surface area contributed by atoms with Crippen LogP contribution in [-0.2, 0) is 20.9 Å². The number of tetrazole rings is 1. The summed E-state index contributed by atoms with van der Waals surface area (Å²) < 4.78 is 5.10. The molecule has 2 heterocycles. The Bertz CT molecular complexity index is 792. The molecule has 27 heavy (non-hydrogen) atoms. The molecule has 0 bridgehead atoms. The highest BCUT2D eigenvalue weighted by molar-refractivity contribution is 5.80. The van der Waals surface area contributed by atoms with Crippen LogP contribution in [-0.4, -0.2) is 56.7 Å². The fraction of sp³-hybridized carbons (Fsp3) is 0.526. The van der Waals surface area contributed by atoms with E-state index in [0.717, 1.165) is 17.5 Å². The van der Waals surface area contributed by atoms with Gasteiger partial charge < -0.3 is 9.64 Å². The molecule has 1 aromatic heterocycles. The highest BCUT2D eigenvalue weighted by Crippen LogP contribution is 2.20. The van der Waals surface area contributed by atoms with E-state index in [4.69, 9.17) is 4.74 Å². The van der Waals surface area contributed by atoms with Gasteiger partial charge in [-0.25, -0.2) is 4.79 Å². The predicted octanol–water partition coefficient (Wildman–Crippen LogP) is 1.70. The third kappa shape index (κ3) is 5.12. The monoisotopic (exact) mass is 371 g/mol. The van der Waals surface area contributed by atoms with Gasteiger partial charge in [-0.1, -0.05) is 43.7 Å². The lowest BCUT2D eigenvalue weighted by molar-refractivity contribution is -0.153. The van der Waals surface area contributed by atoms with Crippen molar-refractivity contribution in [3.63, 3.8) is 0 Å². The van der Waals surface area contributed by atoms with Gasteiger partial charge in [-0.3, -0.25) is 4.79 Å². The Morgan fingerprint density at radius 1 is 1.15 bits per heavy atom. The molecule has 1 fully saturated rings. The first kappa shape index (κ1) is 19.0. The summed E-state index contributed by atoms with van der Waals surface area (Å²) in [6, 6.07) is 7.71. The van der Waals surface area contributed by atoms with E-state index in [9.17, 15) is 9.59 Å². The van der Waals surface area contributed by atoms with Gasteiger partial charge in [-0.2, -0.15) is 4.80 Å². The lowest BCUT2D eigenvalue weighted by atomic mass is 9.92. The number of esters is 1. The molecule has 2 atom stereocenters. The Morgan fingerprint density at radius 2 is 1.81 bits per heavy atom. The van der Waals surface area contributed by atoms with Crippen molar-refractivity contribution >= 4 is 11.9 Å². The lowest BCUT2D eigenvalue weighted by Gasteiger charge is -2.34. The summed E-state index contributed by atoms with van der Waals surface area (Å²) in [5.41, 5.74) is 1.96. The molecule has 144 valence electrons. The molecule has 8 nitrogen and oxygen atoms in total. The number of ether oxygens (including phenoxy) is 1. The van der Waals surface area contributed by atoms with Crippen LogP contribution in [0.15, 0.2) is 24.3 Å². The van der Waals surface area contributed by atoms with E-state index >= 15 is 0 Å². The summed E-state index contributed by atoms with van der Waals surface area (Å²) in [7, 11) is 0. The minimum atomic E-state index is -0.561. The van der Waals surface area contributed by atoms with Gasteiger partial charge in [0.05, 0.1) is 0 Å². The maximum Gasteiger partial charge on any atom is 0.330 e. The number of benzene rings is 1. The Balaban J connectivity index is 1.49. The first-order valence-electron chi connectivity index (χ1n) is 9.19. The molecular formula is C19H25N5O3. The summed E-state index contributed by atoms with van der Waals surface area (Å²) in [6.07, 6.45) is 1.12. The number of hydrogen-bond acceptors (Lipinski definition) is 6. The summed E-state index contributed by atoms with van der Waals surface area (Å²) in [6.45, 7) is 7.25. The quantitative estimate of drug-likeness (QED) is 0.743. The number of carbonyl (C=O) groups excluding carboxylic acids is 2. The molecule has 1 amide bonds. The number of rotatable bonds is 5. The van der Waals surface area contributed by atoms with Crippen LogP contribution in [0.5, 0.6) is 0 Å². The van der Waals surface area contributed by atoms with Crippen LogP contribution >= 0.6 is 0 Å². The number of piperidine rings is 1. The summed E-state index contributed by atoms with van der Waals surface area (Å²) in [5.74, 6) is 0.652. The van der Waals surface area contributed by atoms with Crippen LogP contribution < -0.4 is 0 Å². The Labute approximate surface area is 158 Å². The number of hydrogen-bond donors (Lipinski definition) is 0. The number of amides is 1. The maximum absolute atomic E-state index is 12.3. The zero-order valence-electron chi connectivity index (χ0n) is 16.0. The third-order valence-corrected chi connectivity index (χ3v) is 4.61. The van der Waals surface area contributed by atoms with Crippen molar-refractivity contribution in [2.75, 3.05) is 19.7 Å². The topological polar surface area (TPSA) is 90.2 Å². The van der Waals surface area contributed by atoms with E-state index in [1.807, 2.05) is 31.2 Å². The van der Waals surface area contributed by atoms with Crippen molar-refractivity contribution in [2.45, 2.75) is 33.7 Å². The smallest absolute Gasteiger partial charge is 0.330 e. The minimum Gasteiger partial charge on any atom is -0.454 e. The number of nitrogens with zero attached hydrogens (tertiary/aromatic N) is 5. The number of aryl methyl sites for hydroxylation is 1. The number of likely N-dealkylation sites (tertiary alicyclic amines) is 1. The average molecular weight is 371 g/mol. The van der Waals surface area contributed by atoms with Crippen LogP contribution in [0.1, 0.15) is 25.8 Å². The Kier molecular flexibility index (Phi) is 5.83. The molecule has 0 spiro atoms. The van der Waals surface area contributed by atoms with Crippen LogP contribution in [0.3, 0.4) is 0 Å².